The fraction of sp³-hybridized carbons (Fsp3) is 0.0238. The predicted molar refractivity (Wildman–Crippen MR) is 187 cm³/mol. The van der Waals surface area contributed by atoms with E-state index >= 15 is 0 Å². The first-order valence-corrected chi connectivity index (χ1v) is 15.1. The van der Waals surface area contributed by atoms with Crippen molar-refractivity contribution in [1.29, 1.82) is 0 Å². The van der Waals surface area contributed by atoms with Gasteiger partial charge in [-0.1, -0.05) is 121 Å². The molecule has 222 valence electrons. The third-order valence-electron chi connectivity index (χ3n) is 8.17. The van der Waals surface area contributed by atoms with Crippen LogP contribution in [0.3, 0.4) is 0 Å². The summed E-state index contributed by atoms with van der Waals surface area (Å²) in [6.07, 6.45) is 3.14. The minimum Gasteiger partial charge on any atom is -0.507 e. The third-order valence-corrected chi connectivity index (χ3v) is 8.17. The first-order chi connectivity index (χ1) is 22.6. The van der Waals surface area contributed by atoms with Gasteiger partial charge < -0.3 is 14.6 Å². The number of carbonyl (C=O) groups is 1. The van der Waals surface area contributed by atoms with Crippen molar-refractivity contribution in [2.24, 2.45) is 0 Å². The molecule has 4 nitrogen and oxygen atoms in total. The Kier molecular flexibility index (Phi) is 7.76. The highest BCUT2D eigenvalue weighted by atomic mass is 16.5. The molecule has 46 heavy (non-hydrogen) atoms. The van der Waals surface area contributed by atoms with Gasteiger partial charge in [0, 0.05) is 28.0 Å². The molecule has 0 radical (unpaired) electrons. The van der Waals surface area contributed by atoms with Crippen molar-refractivity contribution < 1.29 is 19.4 Å². The molecule has 0 heterocycles. The first-order valence-electron chi connectivity index (χ1n) is 15.1. The molecule has 0 aromatic heterocycles. The molecule has 0 spiro atoms. The molecule has 7 aromatic carbocycles. The van der Waals surface area contributed by atoms with Crippen LogP contribution >= 0.6 is 0 Å². The molecule has 7 rings (SSSR count). The van der Waals surface area contributed by atoms with E-state index in [1.54, 1.807) is 13.2 Å². The summed E-state index contributed by atoms with van der Waals surface area (Å²) in [7, 11) is 1.62. The van der Waals surface area contributed by atoms with Crippen LogP contribution in [0.25, 0.3) is 61.0 Å². The number of phenolic OH excluding ortho intramolecular Hbond substituents is 1. The maximum absolute atomic E-state index is 13.6. The number of benzene rings is 7. The number of ether oxygens (including phenoxy) is 2. The van der Waals surface area contributed by atoms with Gasteiger partial charge in [0.15, 0.2) is 0 Å². The number of hydrogen-bond acceptors (Lipinski definition) is 4. The Bertz CT molecular complexity index is 2220. The molecule has 1 N–H and O–H groups in total. The van der Waals surface area contributed by atoms with Gasteiger partial charge >= 0.3 is 5.97 Å². The van der Waals surface area contributed by atoms with E-state index < -0.39 is 5.97 Å². The average molecular weight is 599 g/mol. The summed E-state index contributed by atoms with van der Waals surface area (Å²) in [6.45, 7) is 0. The third kappa shape index (κ3) is 5.49. The van der Waals surface area contributed by atoms with Crippen LogP contribution in [-0.2, 0) is 4.79 Å². The summed E-state index contributed by atoms with van der Waals surface area (Å²) >= 11 is 0. The van der Waals surface area contributed by atoms with Crippen LogP contribution in [0, 0.1) is 0 Å². The number of aromatic hydroxyl groups is 1. The van der Waals surface area contributed by atoms with Crippen LogP contribution in [0.1, 0.15) is 5.56 Å². The van der Waals surface area contributed by atoms with E-state index in [1.165, 1.54) is 6.08 Å². The summed E-state index contributed by atoms with van der Waals surface area (Å²) in [5.74, 6) is 0.700. The number of methoxy groups -OCH3 is 1. The van der Waals surface area contributed by atoms with Crippen molar-refractivity contribution in [3.8, 4) is 50.6 Å². The van der Waals surface area contributed by atoms with E-state index in [0.29, 0.717) is 22.3 Å². The summed E-state index contributed by atoms with van der Waals surface area (Å²) in [5, 5.41) is 15.5. The minimum atomic E-state index is -0.533. The molecule has 0 amide bonds. The number of esters is 1. The predicted octanol–water partition coefficient (Wildman–Crippen LogP) is 10.3. The van der Waals surface area contributed by atoms with Gasteiger partial charge in [-0.25, -0.2) is 4.79 Å². The van der Waals surface area contributed by atoms with E-state index in [-0.39, 0.29) is 5.75 Å². The molecule has 0 aliphatic carbocycles. The second kappa shape index (κ2) is 12.5. The number of carbonyl (C=O) groups excluding carboxylic acids is 1. The van der Waals surface area contributed by atoms with Crippen molar-refractivity contribution in [3.05, 3.63) is 157 Å². The van der Waals surface area contributed by atoms with Crippen LogP contribution < -0.4 is 9.47 Å². The van der Waals surface area contributed by atoms with Crippen LogP contribution in [0.2, 0.25) is 0 Å². The summed E-state index contributed by atoms with van der Waals surface area (Å²) in [6, 6.07) is 47.2. The van der Waals surface area contributed by atoms with E-state index in [9.17, 15) is 9.90 Å². The molecule has 0 saturated carbocycles. The molecule has 7 aromatic rings. The Labute approximate surface area is 267 Å². The van der Waals surface area contributed by atoms with Gasteiger partial charge in [0.1, 0.15) is 17.2 Å². The molecule has 0 atom stereocenters. The van der Waals surface area contributed by atoms with Crippen LogP contribution in [-0.4, -0.2) is 18.2 Å². The van der Waals surface area contributed by atoms with Crippen molar-refractivity contribution in [2.45, 2.75) is 0 Å². The normalized spacial score (nSPS) is 11.2. The van der Waals surface area contributed by atoms with E-state index in [1.807, 2.05) is 133 Å². The van der Waals surface area contributed by atoms with Crippen molar-refractivity contribution >= 4 is 33.6 Å². The van der Waals surface area contributed by atoms with Crippen molar-refractivity contribution in [1.82, 2.24) is 0 Å². The lowest BCUT2D eigenvalue weighted by Crippen LogP contribution is -2.07. The smallest absolute Gasteiger partial charge is 0.336 e. The molecule has 4 heteroatoms. The maximum atomic E-state index is 13.6. The summed E-state index contributed by atoms with van der Waals surface area (Å²) < 4.78 is 11.6. The standard InChI is InChI=1S/C42H30O4/c1-45-33-23-20-28(21-24-33)22-25-38(43)46-42-35-19-11-9-17-32(35)27-37(30-14-6-3-7-15-30)40(42)39-36(29-12-4-2-5-13-29)26-31-16-8-10-18-34(31)41(39)44/h2-27,44H,1H3/b25-22+. The fourth-order valence-corrected chi connectivity index (χ4v) is 5.95. The maximum Gasteiger partial charge on any atom is 0.336 e. The van der Waals surface area contributed by atoms with Gasteiger partial charge in [-0.3, -0.25) is 0 Å². The van der Waals surface area contributed by atoms with Gasteiger partial charge in [0.2, 0.25) is 0 Å². The molecular weight excluding hydrogens is 568 g/mol. The number of rotatable bonds is 7. The van der Waals surface area contributed by atoms with E-state index in [0.717, 1.165) is 49.7 Å². The molecule has 0 bridgehead atoms. The molecule has 0 fully saturated rings. The van der Waals surface area contributed by atoms with Crippen LogP contribution in [0.4, 0.5) is 0 Å². The van der Waals surface area contributed by atoms with Gasteiger partial charge in [0.05, 0.1) is 7.11 Å². The zero-order chi connectivity index (χ0) is 31.5. The van der Waals surface area contributed by atoms with Crippen molar-refractivity contribution in [2.75, 3.05) is 7.11 Å². The number of phenols is 1. The highest BCUT2D eigenvalue weighted by molar-refractivity contribution is 6.11. The zero-order valence-corrected chi connectivity index (χ0v) is 25.2. The molecule has 0 aliphatic rings. The molecule has 0 aliphatic heterocycles. The summed E-state index contributed by atoms with van der Waals surface area (Å²) in [4.78, 5) is 13.6. The second-order valence-electron chi connectivity index (χ2n) is 11.0. The Morgan fingerprint density at radius 2 is 1.13 bits per heavy atom. The Hall–Kier alpha value is -6.13. The Balaban J connectivity index is 1.52. The Morgan fingerprint density at radius 3 is 1.74 bits per heavy atom. The molecule has 0 saturated heterocycles. The van der Waals surface area contributed by atoms with Crippen molar-refractivity contribution in [3.63, 3.8) is 0 Å². The SMILES string of the molecule is COc1ccc(/C=C/C(=O)Oc2c(-c3c(-c4ccccc4)cc4ccccc4c3O)c(-c3ccccc3)cc3ccccc23)cc1. The van der Waals surface area contributed by atoms with Gasteiger partial charge in [-0.15, -0.1) is 0 Å². The Morgan fingerprint density at radius 1 is 0.609 bits per heavy atom. The highest BCUT2D eigenvalue weighted by Crippen LogP contribution is 2.52. The average Bonchev–Trinajstić information content (AvgIpc) is 3.12. The lowest BCUT2D eigenvalue weighted by molar-refractivity contribution is -0.128. The lowest BCUT2D eigenvalue weighted by atomic mass is 9.84. The quantitative estimate of drug-likeness (QED) is 0.113. The first kappa shape index (κ1) is 28.6. The van der Waals surface area contributed by atoms with E-state index in [2.05, 4.69) is 12.1 Å². The summed E-state index contributed by atoms with van der Waals surface area (Å²) in [5.41, 5.74) is 5.59. The molecule has 0 unspecified atom stereocenters. The largest absolute Gasteiger partial charge is 0.507 e. The fourth-order valence-electron chi connectivity index (χ4n) is 5.95. The monoisotopic (exact) mass is 598 g/mol. The van der Waals surface area contributed by atoms with Gasteiger partial charge in [-0.2, -0.15) is 0 Å². The highest BCUT2D eigenvalue weighted by Gasteiger charge is 2.26. The molecular formula is C42H30O4. The zero-order valence-electron chi connectivity index (χ0n) is 25.2. The topological polar surface area (TPSA) is 55.8 Å². The van der Waals surface area contributed by atoms with Crippen LogP contribution in [0.15, 0.2) is 152 Å². The number of hydrogen-bond donors (Lipinski definition) is 1. The minimum absolute atomic E-state index is 0.121. The lowest BCUT2D eigenvalue weighted by Gasteiger charge is -2.22. The van der Waals surface area contributed by atoms with E-state index in [4.69, 9.17) is 9.47 Å². The second-order valence-corrected chi connectivity index (χ2v) is 11.0. The van der Waals surface area contributed by atoms with Gasteiger partial charge in [0.25, 0.3) is 0 Å². The van der Waals surface area contributed by atoms with Crippen LogP contribution in [0.5, 0.6) is 17.2 Å². The van der Waals surface area contributed by atoms with Gasteiger partial charge in [-0.05, 0) is 68.9 Å². The number of fused-ring (bicyclic) bond motifs is 2.